The third-order valence-corrected chi connectivity index (χ3v) is 7.56. The van der Waals surface area contributed by atoms with Gasteiger partial charge in [0.2, 0.25) is 0 Å². The number of methoxy groups -OCH3 is 1. The summed E-state index contributed by atoms with van der Waals surface area (Å²) in [6.45, 7) is 10.6. The lowest BCUT2D eigenvalue weighted by Gasteiger charge is -2.39. The molecule has 3 rings (SSSR count). The third-order valence-electron chi connectivity index (χ3n) is 6.18. The van der Waals surface area contributed by atoms with Crippen molar-refractivity contribution in [3.63, 3.8) is 0 Å². The Balaban J connectivity index is 2.17. The first-order chi connectivity index (χ1) is 16.7. The number of morpholine rings is 1. The molecule has 2 aliphatic rings. The number of thioether (sulfide) groups is 1. The first-order valence-corrected chi connectivity index (χ1v) is 13.3. The minimum absolute atomic E-state index is 0.0173. The number of nitriles is 1. The number of carbonyl (C=O) groups is 1. The fraction of sp³-hybridized carbons (Fsp3) is 0.600. The smallest absolute Gasteiger partial charge is 0.270 e. The highest BCUT2D eigenvalue weighted by atomic mass is 32.2. The number of hydrogen-bond acceptors (Lipinski definition) is 8. The average molecular weight is 519 g/mol. The molecule has 1 amide bonds. The van der Waals surface area contributed by atoms with E-state index in [9.17, 15) is 14.9 Å². The Morgan fingerprint density at radius 1 is 1.23 bits per heavy atom. The van der Waals surface area contributed by atoms with Crippen molar-refractivity contribution in [2.75, 3.05) is 38.3 Å². The van der Waals surface area contributed by atoms with Gasteiger partial charge in [-0.25, -0.2) is 0 Å². The van der Waals surface area contributed by atoms with Crippen molar-refractivity contribution in [3.8, 4) is 6.07 Å². The first-order valence-electron chi connectivity index (χ1n) is 12.1. The van der Waals surface area contributed by atoms with Crippen LogP contribution in [0.3, 0.4) is 0 Å². The van der Waals surface area contributed by atoms with E-state index in [1.54, 1.807) is 23.5 Å². The van der Waals surface area contributed by atoms with Crippen molar-refractivity contribution in [2.45, 2.75) is 65.7 Å². The Bertz CT molecular complexity index is 1100. The second-order valence-corrected chi connectivity index (χ2v) is 10.7. The van der Waals surface area contributed by atoms with Crippen LogP contribution in [0.25, 0.3) is 6.08 Å². The number of unbranched alkanes of at least 4 members (excludes halogenated alkanes) is 1. The molecule has 0 aromatic carbocycles. The standard InChI is InChI=1S/C25H34N4O4S2/c1-6-7-9-28-22(27-14-16(2)33-17(3)15-27)19(18(4)20(13-26)23(28)30)12-21-24(31)29(25(34)35-21)10-8-11-32-5/h12,16-17H,6-11,14-15H2,1-5H3. The summed E-state index contributed by atoms with van der Waals surface area (Å²) in [4.78, 5) is 30.9. The van der Waals surface area contributed by atoms with Gasteiger partial charge in [-0.15, -0.1) is 0 Å². The topological polar surface area (TPSA) is 87.8 Å². The van der Waals surface area contributed by atoms with Gasteiger partial charge in [-0.3, -0.25) is 19.1 Å². The molecule has 1 aromatic rings. The van der Waals surface area contributed by atoms with Crippen LogP contribution in [-0.2, 0) is 20.8 Å². The summed E-state index contributed by atoms with van der Waals surface area (Å²) in [7, 11) is 1.63. The zero-order valence-electron chi connectivity index (χ0n) is 21.1. The molecule has 0 radical (unpaired) electrons. The maximum Gasteiger partial charge on any atom is 0.270 e. The van der Waals surface area contributed by atoms with E-state index in [1.807, 2.05) is 19.9 Å². The highest BCUT2D eigenvalue weighted by Gasteiger charge is 2.34. The number of amides is 1. The summed E-state index contributed by atoms with van der Waals surface area (Å²) < 4.78 is 13.3. The van der Waals surface area contributed by atoms with E-state index in [2.05, 4.69) is 17.9 Å². The van der Waals surface area contributed by atoms with Gasteiger partial charge in [0.25, 0.3) is 11.5 Å². The lowest BCUT2D eigenvalue weighted by Crippen LogP contribution is -2.48. The Labute approximate surface area is 216 Å². The molecule has 2 saturated heterocycles. The van der Waals surface area contributed by atoms with Crippen molar-refractivity contribution in [2.24, 2.45) is 0 Å². The van der Waals surface area contributed by atoms with E-state index >= 15 is 0 Å². The monoisotopic (exact) mass is 518 g/mol. The van der Waals surface area contributed by atoms with E-state index in [0.29, 0.717) is 54.0 Å². The molecule has 2 unspecified atom stereocenters. The van der Waals surface area contributed by atoms with Gasteiger partial charge in [0, 0.05) is 45.5 Å². The van der Waals surface area contributed by atoms with Crippen molar-refractivity contribution in [1.82, 2.24) is 9.47 Å². The Hall–Kier alpha value is -2.19. The van der Waals surface area contributed by atoms with Gasteiger partial charge < -0.3 is 14.4 Å². The lowest BCUT2D eigenvalue weighted by atomic mass is 10.0. The minimum atomic E-state index is -0.287. The number of nitrogens with zero attached hydrogens (tertiary/aromatic N) is 4. The predicted molar refractivity (Wildman–Crippen MR) is 144 cm³/mol. The average Bonchev–Trinajstić information content (AvgIpc) is 3.07. The second kappa shape index (κ2) is 12.2. The highest BCUT2D eigenvalue weighted by molar-refractivity contribution is 8.26. The van der Waals surface area contributed by atoms with Gasteiger partial charge in [-0.05, 0) is 45.3 Å². The minimum Gasteiger partial charge on any atom is -0.385 e. The maximum absolute atomic E-state index is 13.4. The molecule has 2 atom stereocenters. The number of pyridine rings is 1. The van der Waals surface area contributed by atoms with E-state index in [1.165, 1.54) is 11.8 Å². The van der Waals surface area contributed by atoms with Gasteiger partial charge in [0.05, 0.1) is 17.1 Å². The van der Waals surface area contributed by atoms with E-state index in [0.717, 1.165) is 24.2 Å². The summed E-state index contributed by atoms with van der Waals surface area (Å²) in [5.74, 6) is 0.585. The molecule has 8 nitrogen and oxygen atoms in total. The van der Waals surface area contributed by atoms with Crippen LogP contribution in [-0.4, -0.2) is 65.3 Å². The number of rotatable bonds is 9. The Kier molecular flexibility index (Phi) is 9.53. The van der Waals surface area contributed by atoms with Gasteiger partial charge >= 0.3 is 0 Å². The van der Waals surface area contributed by atoms with Crippen LogP contribution >= 0.6 is 24.0 Å². The zero-order valence-corrected chi connectivity index (χ0v) is 22.8. The molecule has 3 heterocycles. The number of hydrogen-bond donors (Lipinski definition) is 0. The Morgan fingerprint density at radius 2 is 1.91 bits per heavy atom. The van der Waals surface area contributed by atoms with Crippen molar-refractivity contribution >= 4 is 46.1 Å². The number of aromatic nitrogens is 1. The fourth-order valence-electron chi connectivity index (χ4n) is 4.55. The van der Waals surface area contributed by atoms with Crippen LogP contribution in [0.2, 0.25) is 0 Å². The molecule has 190 valence electrons. The van der Waals surface area contributed by atoms with Gasteiger partial charge in [0.15, 0.2) is 0 Å². The molecule has 35 heavy (non-hydrogen) atoms. The van der Waals surface area contributed by atoms with E-state index < -0.39 is 0 Å². The van der Waals surface area contributed by atoms with Gasteiger partial charge in [-0.2, -0.15) is 5.26 Å². The second-order valence-electron chi connectivity index (χ2n) is 9.00. The third kappa shape index (κ3) is 5.97. The molecular formula is C25H34N4O4S2. The normalized spacial score (nSPS) is 21.8. The molecule has 0 aliphatic carbocycles. The maximum atomic E-state index is 13.4. The van der Waals surface area contributed by atoms with Crippen molar-refractivity contribution < 1.29 is 14.3 Å². The van der Waals surface area contributed by atoms with Crippen LogP contribution in [0.1, 0.15) is 56.7 Å². The summed E-state index contributed by atoms with van der Waals surface area (Å²) >= 11 is 6.74. The fourth-order valence-corrected chi connectivity index (χ4v) is 5.84. The number of carbonyl (C=O) groups excluding carboxylic acids is 1. The SMILES string of the molecule is CCCCn1c(N2CC(C)OC(C)C2)c(C=C2SC(=S)N(CCCOC)C2=O)c(C)c(C#N)c1=O. The molecule has 10 heteroatoms. The number of thiocarbonyl (C=S) groups is 1. The van der Waals surface area contributed by atoms with Crippen molar-refractivity contribution in [3.05, 3.63) is 31.9 Å². The van der Waals surface area contributed by atoms with Crippen LogP contribution in [0.15, 0.2) is 9.70 Å². The quantitative estimate of drug-likeness (QED) is 0.278. The van der Waals surface area contributed by atoms with Crippen LogP contribution in [0.4, 0.5) is 5.82 Å². The zero-order chi connectivity index (χ0) is 25.7. The number of anilines is 1. The van der Waals surface area contributed by atoms with Crippen molar-refractivity contribution in [1.29, 1.82) is 5.26 Å². The molecule has 0 bridgehead atoms. The molecular weight excluding hydrogens is 484 g/mol. The predicted octanol–water partition coefficient (Wildman–Crippen LogP) is 3.68. The lowest BCUT2D eigenvalue weighted by molar-refractivity contribution is -0.122. The highest BCUT2D eigenvalue weighted by Crippen LogP contribution is 2.36. The van der Waals surface area contributed by atoms with E-state index in [4.69, 9.17) is 21.7 Å². The largest absolute Gasteiger partial charge is 0.385 e. The molecule has 2 aliphatic heterocycles. The van der Waals surface area contributed by atoms with Crippen LogP contribution in [0, 0.1) is 18.3 Å². The number of ether oxygens (including phenoxy) is 2. The van der Waals surface area contributed by atoms with E-state index in [-0.39, 0.29) is 29.2 Å². The van der Waals surface area contributed by atoms with Gasteiger partial charge in [0.1, 0.15) is 21.8 Å². The van der Waals surface area contributed by atoms with Gasteiger partial charge in [-0.1, -0.05) is 37.3 Å². The molecule has 2 fully saturated rings. The summed E-state index contributed by atoms with van der Waals surface area (Å²) in [5, 5.41) is 9.85. The summed E-state index contributed by atoms with van der Waals surface area (Å²) in [6, 6.07) is 2.11. The molecule has 1 aromatic heterocycles. The molecule has 0 N–H and O–H groups in total. The molecule has 0 spiro atoms. The Morgan fingerprint density at radius 3 is 2.51 bits per heavy atom. The first kappa shape index (κ1) is 27.4. The summed E-state index contributed by atoms with van der Waals surface area (Å²) in [6.07, 6.45) is 4.18. The van der Waals surface area contributed by atoms with Crippen LogP contribution < -0.4 is 10.5 Å². The molecule has 0 saturated carbocycles. The summed E-state index contributed by atoms with van der Waals surface area (Å²) in [5.41, 5.74) is 1.12. The van der Waals surface area contributed by atoms with Crippen LogP contribution in [0.5, 0.6) is 0 Å².